The van der Waals surface area contributed by atoms with Gasteiger partial charge in [0.15, 0.2) is 6.10 Å². The molecule has 0 bridgehead atoms. The summed E-state index contributed by atoms with van der Waals surface area (Å²) in [6.45, 7) is 6.30. The largest absolute Gasteiger partial charge is 0.462 e. The van der Waals surface area contributed by atoms with Crippen LogP contribution in [0.25, 0.3) is 0 Å². The van der Waals surface area contributed by atoms with Gasteiger partial charge in [-0.15, -0.1) is 0 Å². The van der Waals surface area contributed by atoms with Crippen molar-refractivity contribution in [3.63, 3.8) is 0 Å². The molecule has 0 aromatic carbocycles. The molecule has 0 heterocycles. The van der Waals surface area contributed by atoms with Gasteiger partial charge in [0.2, 0.25) is 0 Å². The van der Waals surface area contributed by atoms with E-state index in [1.54, 1.807) is 0 Å². The standard InChI is InChI=1S/C63H106O6/c1-4-7-10-13-15-17-19-21-23-24-25-26-27-28-29-30-31-32-33-34-35-36-37-38-40-41-43-45-47-50-53-56-62(65)68-59-60(58-67-61(64)55-52-49-12-9-6-3)69-63(66)57-54-51-48-46-44-42-39-22-20-18-16-14-11-8-5-2/h7-8,10-11,15-18,21-23,25-26,39,44,46,60H,4-6,9,12-14,19-20,24,27-38,40-43,45,47-59H2,1-3H3/b10-7-,11-8-,17-15-,18-16-,23-21-,26-25-,39-22-,46-44-. The minimum absolute atomic E-state index is 0.0923. The first-order valence-corrected chi connectivity index (χ1v) is 28.7. The Morgan fingerprint density at radius 1 is 0.304 bits per heavy atom. The van der Waals surface area contributed by atoms with Gasteiger partial charge in [0.1, 0.15) is 13.2 Å². The Morgan fingerprint density at radius 2 is 0.565 bits per heavy atom. The number of esters is 3. The molecule has 0 saturated heterocycles. The highest BCUT2D eigenvalue weighted by molar-refractivity contribution is 5.71. The summed E-state index contributed by atoms with van der Waals surface area (Å²) >= 11 is 0. The Hall–Kier alpha value is -3.67. The average Bonchev–Trinajstić information content (AvgIpc) is 3.35. The minimum atomic E-state index is -0.793. The van der Waals surface area contributed by atoms with E-state index in [4.69, 9.17) is 14.2 Å². The number of ether oxygens (including phenoxy) is 3. The van der Waals surface area contributed by atoms with Crippen LogP contribution >= 0.6 is 0 Å². The molecule has 0 saturated carbocycles. The summed E-state index contributed by atoms with van der Waals surface area (Å²) in [6.07, 6.45) is 76.1. The zero-order chi connectivity index (χ0) is 50.0. The van der Waals surface area contributed by atoms with Crippen molar-refractivity contribution >= 4 is 17.9 Å². The van der Waals surface area contributed by atoms with E-state index in [0.29, 0.717) is 19.3 Å². The molecule has 0 amide bonds. The zero-order valence-electron chi connectivity index (χ0n) is 45.0. The summed E-state index contributed by atoms with van der Waals surface area (Å²) in [6, 6.07) is 0. The number of carbonyl (C=O) groups is 3. The first-order valence-electron chi connectivity index (χ1n) is 28.7. The zero-order valence-corrected chi connectivity index (χ0v) is 45.0. The second kappa shape index (κ2) is 56.9. The predicted molar refractivity (Wildman–Crippen MR) is 297 cm³/mol. The molecule has 1 unspecified atom stereocenters. The molecular weight excluding hydrogens is 853 g/mol. The summed E-state index contributed by atoms with van der Waals surface area (Å²) in [7, 11) is 0. The van der Waals surface area contributed by atoms with Crippen molar-refractivity contribution in [3.8, 4) is 0 Å². The second-order valence-corrected chi connectivity index (χ2v) is 18.8. The smallest absolute Gasteiger partial charge is 0.306 e. The van der Waals surface area contributed by atoms with E-state index in [2.05, 4.69) is 118 Å². The number of allylic oxidation sites excluding steroid dienone is 16. The van der Waals surface area contributed by atoms with Crippen LogP contribution in [-0.2, 0) is 28.6 Å². The van der Waals surface area contributed by atoms with Crippen LogP contribution in [0.1, 0.15) is 265 Å². The molecule has 6 heteroatoms. The molecule has 0 rings (SSSR count). The lowest BCUT2D eigenvalue weighted by molar-refractivity contribution is -0.167. The Bertz CT molecular complexity index is 1380. The number of rotatable bonds is 51. The Labute approximate surface area is 426 Å². The number of hydrogen-bond donors (Lipinski definition) is 0. The summed E-state index contributed by atoms with van der Waals surface area (Å²) < 4.78 is 16.7. The highest BCUT2D eigenvalue weighted by atomic mass is 16.6. The van der Waals surface area contributed by atoms with Crippen LogP contribution in [-0.4, -0.2) is 37.2 Å². The van der Waals surface area contributed by atoms with E-state index in [-0.39, 0.29) is 37.5 Å². The van der Waals surface area contributed by atoms with Crippen LogP contribution < -0.4 is 0 Å². The summed E-state index contributed by atoms with van der Waals surface area (Å²) in [5.74, 6) is -0.946. The molecule has 394 valence electrons. The summed E-state index contributed by atoms with van der Waals surface area (Å²) in [4.78, 5) is 37.7. The average molecular weight is 960 g/mol. The van der Waals surface area contributed by atoms with Crippen molar-refractivity contribution < 1.29 is 28.6 Å². The van der Waals surface area contributed by atoms with Crippen LogP contribution in [0.15, 0.2) is 97.2 Å². The molecule has 0 aromatic rings. The fourth-order valence-corrected chi connectivity index (χ4v) is 7.84. The molecule has 0 aliphatic rings. The van der Waals surface area contributed by atoms with Crippen molar-refractivity contribution in [3.05, 3.63) is 97.2 Å². The highest BCUT2D eigenvalue weighted by Gasteiger charge is 2.19. The quantitative estimate of drug-likeness (QED) is 0.0262. The number of hydrogen-bond acceptors (Lipinski definition) is 6. The van der Waals surface area contributed by atoms with Crippen molar-refractivity contribution in [2.75, 3.05) is 13.2 Å². The van der Waals surface area contributed by atoms with Crippen LogP contribution in [0.2, 0.25) is 0 Å². The Morgan fingerprint density at radius 3 is 0.913 bits per heavy atom. The van der Waals surface area contributed by atoms with E-state index >= 15 is 0 Å². The SMILES string of the molecule is CC/C=C\C/C=C\C/C=C\C/C=C\CCCCCCCCCCCCCCCCCCCCC(=O)OCC(COC(=O)CCCCCCC)OC(=O)CCCC/C=C\C/C=C\C/C=C\C/C=C\CC. The third-order valence-corrected chi connectivity index (χ3v) is 12.1. The molecule has 1 atom stereocenters. The highest BCUT2D eigenvalue weighted by Crippen LogP contribution is 2.16. The molecule has 0 aliphatic carbocycles. The van der Waals surface area contributed by atoms with Crippen molar-refractivity contribution in [1.82, 2.24) is 0 Å². The predicted octanol–water partition coefficient (Wildman–Crippen LogP) is 19.3. The van der Waals surface area contributed by atoms with E-state index < -0.39 is 6.10 Å². The topological polar surface area (TPSA) is 78.9 Å². The van der Waals surface area contributed by atoms with E-state index in [9.17, 15) is 14.4 Å². The third-order valence-electron chi connectivity index (χ3n) is 12.1. The molecule has 6 nitrogen and oxygen atoms in total. The van der Waals surface area contributed by atoms with Crippen molar-refractivity contribution in [1.29, 1.82) is 0 Å². The Kier molecular flexibility index (Phi) is 53.9. The first kappa shape index (κ1) is 65.3. The van der Waals surface area contributed by atoms with Crippen LogP contribution in [0.3, 0.4) is 0 Å². The van der Waals surface area contributed by atoms with Gasteiger partial charge in [0.25, 0.3) is 0 Å². The van der Waals surface area contributed by atoms with Gasteiger partial charge < -0.3 is 14.2 Å². The lowest BCUT2D eigenvalue weighted by Crippen LogP contribution is -2.30. The van der Waals surface area contributed by atoms with Gasteiger partial charge in [-0.25, -0.2) is 0 Å². The lowest BCUT2D eigenvalue weighted by Gasteiger charge is -2.18. The van der Waals surface area contributed by atoms with Crippen molar-refractivity contribution in [2.45, 2.75) is 271 Å². The molecule has 0 aromatic heterocycles. The first-order chi connectivity index (χ1) is 34.0. The lowest BCUT2D eigenvalue weighted by atomic mass is 10.0. The van der Waals surface area contributed by atoms with Crippen LogP contribution in [0, 0.1) is 0 Å². The number of unbranched alkanes of at least 4 members (excludes halogenated alkanes) is 24. The fourth-order valence-electron chi connectivity index (χ4n) is 7.84. The molecule has 0 aliphatic heterocycles. The van der Waals surface area contributed by atoms with Gasteiger partial charge in [-0.2, -0.15) is 0 Å². The maximum atomic E-state index is 12.7. The fraction of sp³-hybridized carbons (Fsp3) is 0.698. The molecule has 0 fully saturated rings. The maximum Gasteiger partial charge on any atom is 0.306 e. The van der Waals surface area contributed by atoms with Gasteiger partial charge in [-0.1, -0.05) is 246 Å². The van der Waals surface area contributed by atoms with Gasteiger partial charge in [0, 0.05) is 19.3 Å². The molecule has 0 radical (unpaired) electrons. The van der Waals surface area contributed by atoms with Gasteiger partial charge in [-0.05, 0) is 96.3 Å². The molecule has 0 spiro atoms. The van der Waals surface area contributed by atoms with Gasteiger partial charge in [0.05, 0.1) is 0 Å². The maximum absolute atomic E-state index is 12.7. The normalized spacial score (nSPS) is 12.8. The van der Waals surface area contributed by atoms with E-state index in [1.807, 2.05) is 0 Å². The van der Waals surface area contributed by atoms with Crippen molar-refractivity contribution in [2.24, 2.45) is 0 Å². The van der Waals surface area contributed by atoms with Gasteiger partial charge >= 0.3 is 17.9 Å². The van der Waals surface area contributed by atoms with E-state index in [0.717, 1.165) is 109 Å². The molecule has 0 N–H and O–H groups in total. The number of carbonyl (C=O) groups excluding carboxylic acids is 3. The third kappa shape index (κ3) is 55.1. The van der Waals surface area contributed by atoms with Crippen LogP contribution in [0.5, 0.6) is 0 Å². The summed E-state index contributed by atoms with van der Waals surface area (Å²) in [5, 5.41) is 0. The minimum Gasteiger partial charge on any atom is -0.462 e. The van der Waals surface area contributed by atoms with E-state index in [1.165, 1.54) is 109 Å². The van der Waals surface area contributed by atoms with Gasteiger partial charge in [-0.3, -0.25) is 14.4 Å². The Balaban J connectivity index is 4.00. The molecular formula is C63H106O6. The second-order valence-electron chi connectivity index (χ2n) is 18.8. The molecule has 69 heavy (non-hydrogen) atoms. The monoisotopic (exact) mass is 959 g/mol. The summed E-state index contributed by atoms with van der Waals surface area (Å²) in [5.41, 5.74) is 0. The van der Waals surface area contributed by atoms with Crippen LogP contribution in [0.4, 0.5) is 0 Å².